The maximum absolute atomic E-state index is 11.9. The minimum Gasteiger partial charge on any atom is -0.326 e. The molecule has 1 aromatic rings. The Morgan fingerprint density at radius 1 is 1.33 bits per heavy atom. The van der Waals surface area contributed by atoms with Crippen LogP contribution >= 0.6 is 0 Å². The van der Waals surface area contributed by atoms with Crippen molar-refractivity contribution in [2.45, 2.75) is 33.2 Å². The molecule has 0 radical (unpaired) electrons. The minimum absolute atomic E-state index is 0.0129. The molecule has 0 aromatic heterocycles. The van der Waals surface area contributed by atoms with Crippen molar-refractivity contribution in [3.05, 3.63) is 35.4 Å². The zero-order chi connectivity index (χ0) is 13.7. The average molecular weight is 244 g/mol. The Balaban J connectivity index is 2.96. The summed E-state index contributed by atoms with van der Waals surface area (Å²) in [6.45, 7) is 5.77. The van der Waals surface area contributed by atoms with E-state index < -0.39 is 6.04 Å². The van der Waals surface area contributed by atoms with E-state index in [-0.39, 0.29) is 11.8 Å². The highest BCUT2D eigenvalue weighted by molar-refractivity contribution is 5.78. The van der Waals surface area contributed by atoms with Gasteiger partial charge < -0.3 is 4.90 Å². The Morgan fingerprint density at radius 3 is 2.28 bits per heavy atom. The molecule has 1 rings (SSSR count). The molecule has 0 N–H and O–H groups in total. The predicted octanol–water partition coefficient (Wildman–Crippen LogP) is 2.93. The van der Waals surface area contributed by atoms with E-state index in [0.29, 0.717) is 0 Å². The second-order valence-electron chi connectivity index (χ2n) is 4.73. The van der Waals surface area contributed by atoms with Crippen LogP contribution in [0, 0.1) is 17.2 Å². The summed E-state index contributed by atoms with van der Waals surface area (Å²) in [7, 11) is 1.68. The van der Waals surface area contributed by atoms with Crippen LogP contribution in [0.4, 0.5) is 0 Å². The summed E-state index contributed by atoms with van der Waals surface area (Å²) in [6.07, 6.45) is 0.971. The lowest BCUT2D eigenvalue weighted by atomic mass is 10.0. The number of aryl methyl sites for hydroxylation is 1. The van der Waals surface area contributed by atoms with E-state index in [9.17, 15) is 10.1 Å². The lowest BCUT2D eigenvalue weighted by Crippen LogP contribution is -2.33. The third kappa shape index (κ3) is 3.10. The van der Waals surface area contributed by atoms with Crippen LogP contribution in [-0.2, 0) is 11.2 Å². The molecular weight excluding hydrogens is 224 g/mol. The van der Waals surface area contributed by atoms with Crippen molar-refractivity contribution in [2.75, 3.05) is 7.05 Å². The lowest BCUT2D eigenvalue weighted by Gasteiger charge is -2.24. The van der Waals surface area contributed by atoms with Gasteiger partial charge in [-0.05, 0) is 17.5 Å². The molecular formula is C15H20N2O. The van der Waals surface area contributed by atoms with Crippen molar-refractivity contribution < 1.29 is 4.79 Å². The van der Waals surface area contributed by atoms with Gasteiger partial charge in [0.15, 0.2) is 0 Å². The van der Waals surface area contributed by atoms with Crippen molar-refractivity contribution in [3.8, 4) is 6.07 Å². The van der Waals surface area contributed by atoms with E-state index >= 15 is 0 Å². The van der Waals surface area contributed by atoms with Crippen molar-refractivity contribution in [3.63, 3.8) is 0 Å². The molecule has 96 valence electrons. The number of hydrogen-bond acceptors (Lipinski definition) is 2. The Morgan fingerprint density at radius 2 is 1.89 bits per heavy atom. The van der Waals surface area contributed by atoms with Crippen molar-refractivity contribution >= 4 is 5.91 Å². The smallest absolute Gasteiger partial charge is 0.226 e. The van der Waals surface area contributed by atoms with Gasteiger partial charge in [0, 0.05) is 13.0 Å². The summed E-state index contributed by atoms with van der Waals surface area (Å²) >= 11 is 0. The minimum atomic E-state index is -0.509. The standard InChI is InChI=1S/C15H20N2O/c1-5-12-6-8-13(9-7-12)14(10-16)17(4)15(18)11(2)3/h6-9,11,14H,5H2,1-4H3. The topological polar surface area (TPSA) is 44.1 Å². The second-order valence-corrected chi connectivity index (χ2v) is 4.73. The average Bonchev–Trinajstić information content (AvgIpc) is 2.39. The van der Waals surface area contributed by atoms with Crippen LogP contribution in [0.3, 0.4) is 0 Å². The molecule has 0 bridgehead atoms. The number of carbonyl (C=O) groups is 1. The lowest BCUT2D eigenvalue weighted by molar-refractivity contribution is -0.134. The number of nitriles is 1. The first-order valence-electron chi connectivity index (χ1n) is 6.26. The summed E-state index contributed by atoms with van der Waals surface area (Å²) in [5.74, 6) is -0.109. The highest BCUT2D eigenvalue weighted by atomic mass is 16.2. The van der Waals surface area contributed by atoms with Crippen LogP contribution < -0.4 is 0 Å². The molecule has 18 heavy (non-hydrogen) atoms. The first kappa shape index (κ1) is 14.2. The van der Waals surface area contributed by atoms with E-state index in [1.54, 1.807) is 7.05 Å². The highest BCUT2D eigenvalue weighted by Crippen LogP contribution is 2.21. The van der Waals surface area contributed by atoms with Gasteiger partial charge in [0.05, 0.1) is 6.07 Å². The van der Waals surface area contributed by atoms with Gasteiger partial charge in [0.2, 0.25) is 5.91 Å². The second kappa shape index (κ2) is 6.20. The largest absolute Gasteiger partial charge is 0.326 e. The van der Waals surface area contributed by atoms with Gasteiger partial charge >= 0.3 is 0 Å². The Kier molecular flexibility index (Phi) is 4.91. The molecule has 0 aliphatic carbocycles. The van der Waals surface area contributed by atoms with Crippen LogP contribution in [0.15, 0.2) is 24.3 Å². The maximum atomic E-state index is 11.9. The fourth-order valence-corrected chi connectivity index (χ4v) is 1.85. The Labute approximate surface area is 109 Å². The number of benzene rings is 1. The van der Waals surface area contributed by atoms with E-state index in [1.165, 1.54) is 10.5 Å². The van der Waals surface area contributed by atoms with Crippen LogP contribution in [0.1, 0.15) is 37.9 Å². The van der Waals surface area contributed by atoms with Gasteiger partial charge in [-0.1, -0.05) is 45.0 Å². The number of rotatable bonds is 4. The molecule has 1 unspecified atom stereocenters. The molecule has 0 fully saturated rings. The SMILES string of the molecule is CCc1ccc(C(C#N)N(C)C(=O)C(C)C)cc1. The normalized spacial score (nSPS) is 12.0. The summed E-state index contributed by atoms with van der Waals surface area (Å²) in [5, 5.41) is 9.26. The molecule has 0 heterocycles. The molecule has 0 saturated heterocycles. The number of amides is 1. The molecule has 3 nitrogen and oxygen atoms in total. The summed E-state index contributed by atoms with van der Waals surface area (Å²) in [5.41, 5.74) is 2.10. The molecule has 0 saturated carbocycles. The molecule has 1 atom stereocenters. The van der Waals surface area contributed by atoms with Crippen LogP contribution in [0.5, 0.6) is 0 Å². The number of nitrogens with zero attached hydrogens (tertiary/aromatic N) is 2. The van der Waals surface area contributed by atoms with Crippen molar-refractivity contribution in [1.29, 1.82) is 5.26 Å². The van der Waals surface area contributed by atoms with Crippen molar-refractivity contribution in [1.82, 2.24) is 4.90 Å². The summed E-state index contributed by atoms with van der Waals surface area (Å²) in [4.78, 5) is 13.4. The monoisotopic (exact) mass is 244 g/mol. The molecule has 0 aliphatic heterocycles. The summed E-state index contributed by atoms with van der Waals surface area (Å²) < 4.78 is 0. The highest BCUT2D eigenvalue weighted by Gasteiger charge is 2.22. The molecule has 1 amide bonds. The van der Waals surface area contributed by atoms with E-state index in [0.717, 1.165) is 12.0 Å². The zero-order valence-corrected chi connectivity index (χ0v) is 11.5. The third-order valence-corrected chi connectivity index (χ3v) is 3.05. The van der Waals surface area contributed by atoms with Crippen LogP contribution in [-0.4, -0.2) is 17.9 Å². The summed E-state index contributed by atoms with van der Waals surface area (Å²) in [6, 6.07) is 9.56. The molecule has 1 aromatic carbocycles. The number of carbonyl (C=O) groups excluding carboxylic acids is 1. The van der Waals surface area contributed by atoms with Crippen LogP contribution in [0.2, 0.25) is 0 Å². The maximum Gasteiger partial charge on any atom is 0.226 e. The Bertz CT molecular complexity index is 443. The van der Waals surface area contributed by atoms with Gasteiger partial charge in [0.25, 0.3) is 0 Å². The van der Waals surface area contributed by atoms with E-state index in [4.69, 9.17) is 0 Å². The molecule has 0 aliphatic rings. The van der Waals surface area contributed by atoms with Crippen LogP contribution in [0.25, 0.3) is 0 Å². The van der Waals surface area contributed by atoms with E-state index in [1.807, 2.05) is 38.1 Å². The van der Waals surface area contributed by atoms with E-state index in [2.05, 4.69) is 13.0 Å². The fourth-order valence-electron chi connectivity index (χ4n) is 1.85. The molecule has 0 spiro atoms. The fraction of sp³-hybridized carbons (Fsp3) is 0.467. The first-order valence-corrected chi connectivity index (χ1v) is 6.26. The van der Waals surface area contributed by atoms with Gasteiger partial charge in [-0.25, -0.2) is 0 Å². The van der Waals surface area contributed by atoms with Crippen molar-refractivity contribution in [2.24, 2.45) is 5.92 Å². The third-order valence-electron chi connectivity index (χ3n) is 3.05. The zero-order valence-electron chi connectivity index (χ0n) is 11.5. The number of hydrogen-bond donors (Lipinski definition) is 0. The first-order chi connectivity index (χ1) is 8.51. The van der Waals surface area contributed by atoms with Gasteiger partial charge in [-0.3, -0.25) is 4.79 Å². The van der Waals surface area contributed by atoms with Gasteiger partial charge in [0.1, 0.15) is 6.04 Å². The predicted molar refractivity (Wildman–Crippen MR) is 71.8 cm³/mol. The van der Waals surface area contributed by atoms with Gasteiger partial charge in [-0.15, -0.1) is 0 Å². The molecule has 3 heteroatoms. The quantitative estimate of drug-likeness (QED) is 0.817. The van der Waals surface area contributed by atoms with Gasteiger partial charge in [-0.2, -0.15) is 5.26 Å². The Hall–Kier alpha value is -1.82.